The number of amides is 1. The highest BCUT2D eigenvalue weighted by Gasteiger charge is 2.15. The molecule has 94 valence electrons. The average molecular weight is 352 g/mol. The number of rotatable bonds is 2. The van der Waals surface area contributed by atoms with Crippen LogP contribution in [0.25, 0.3) is 0 Å². The van der Waals surface area contributed by atoms with Crippen LogP contribution in [-0.2, 0) is 4.74 Å². The highest BCUT2D eigenvalue weighted by molar-refractivity contribution is 14.1. The van der Waals surface area contributed by atoms with E-state index >= 15 is 0 Å². The molecule has 0 bridgehead atoms. The molecule has 0 heterocycles. The van der Waals surface area contributed by atoms with Crippen LogP contribution in [0.15, 0.2) is 18.2 Å². The van der Waals surface area contributed by atoms with Gasteiger partial charge >= 0.3 is 6.09 Å². The average Bonchev–Trinajstić information content (AvgIpc) is 2.17. The van der Waals surface area contributed by atoms with E-state index in [1.165, 1.54) is 6.07 Å². The maximum Gasteiger partial charge on any atom is 0.426 e. The first kappa shape index (κ1) is 14.0. The van der Waals surface area contributed by atoms with E-state index < -0.39 is 11.7 Å². The fourth-order valence-corrected chi connectivity index (χ4v) is 1.34. The topological polar surface area (TPSA) is 50.4 Å². The van der Waals surface area contributed by atoms with E-state index in [1.807, 2.05) is 22.6 Å². The Morgan fingerprint density at radius 1 is 1.41 bits per heavy atom. The van der Waals surface area contributed by atoms with Crippen molar-refractivity contribution in [3.8, 4) is 0 Å². The SMILES string of the molecule is CC(C)(C)OC(=O)NNc1ccc(I)c(F)c1. The Morgan fingerprint density at radius 2 is 2.06 bits per heavy atom. The Balaban J connectivity index is 2.50. The van der Waals surface area contributed by atoms with Crippen molar-refractivity contribution in [1.82, 2.24) is 5.43 Å². The molecule has 0 aliphatic rings. The van der Waals surface area contributed by atoms with Gasteiger partial charge in [-0.2, -0.15) is 0 Å². The van der Waals surface area contributed by atoms with Crippen molar-refractivity contribution in [3.63, 3.8) is 0 Å². The molecule has 1 rings (SSSR count). The van der Waals surface area contributed by atoms with E-state index in [0.717, 1.165) is 0 Å². The third kappa shape index (κ3) is 5.20. The van der Waals surface area contributed by atoms with Gasteiger partial charge in [-0.05, 0) is 61.6 Å². The number of carbonyl (C=O) groups is 1. The molecular formula is C11H14FIN2O2. The minimum Gasteiger partial charge on any atom is -0.443 e. The van der Waals surface area contributed by atoms with Gasteiger partial charge in [0.15, 0.2) is 0 Å². The number of nitrogens with one attached hydrogen (secondary N) is 2. The van der Waals surface area contributed by atoms with Crippen molar-refractivity contribution in [3.05, 3.63) is 27.6 Å². The summed E-state index contributed by atoms with van der Waals surface area (Å²) < 4.78 is 18.7. The largest absolute Gasteiger partial charge is 0.443 e. The van der Waals surface area contributed by atoms with Gasteiger partial charge in [-0.25, -0.2) is 14.6 Å². The van der Waals surface area contributed by atoms with Crippen molar-refractivity contribution < 1.29 is 13.9 Å². The van der Waals surface area contributed by atoms with Crippen molar-refractivity contribution in [1.29, 1.82) is 0 Å². The molecule has 6 heteroatoms. The summed E-state index contributed by atoms with van der Waals surface area (Å²) in [5.74, 6) is -0.346. The first-order chi connectivity index (χ1) is 7.78. The van der Waals surface area contributed by atoms with Gasteiger partial charge < -0.3 is 4.74 Å². The van der Waals surface area contributed by atoms with Crippen molar-refractivity contribution in [2.75, 3.05) is 5.43 Å². The predicted octanol–water partition coefficient (Wildman–Crippen LogP) is 3.28. The molecule has 0 radical (unpaired) electrons. The number of hydrazine groups is 1. The lowest BCUT2D eigenvalue weighted by atomic mass is 10.2. The number of hydrogen-bond acceptors (Lipinski definition) is 3. The van der Waals surface area contributed by atoms with E-state index in [4.69, 9.17) is 4.74 Å². The van der Waals surface area contributed by atoms with Crippen molar-refractivity contribution in [2.45, 2.75) is 26.4 Å². The van der Waals surface area contributed by atoms with Crippen LogP contribution in [0.2, 0.25) is 0 Å². The van der Waals surface area contributed by atoms with Crippen LogP contribution in [0, 0.1) is 9.39 Å². The lowest BCUT2D eigenvalue weighted by Gasteiger charge is -2.20. The fourth-order valence-electron chi connectivity index (χ4n) is 1.00. The lowest BCUT2D eigenvalue weighted by Crippen LogP contribution is -2.35. The predicted molar refractivity (Wildman–Crippen MR) is 72.1 cm³/mol. The quantitative estimate of drug-likeness (QED) is 0.635. The molecule has 0 saturated heterocycles. The second-order valence-corrected chi connectivity index (χ2v) is 5.54. The van der Waals surface area contributed by atoms with Crippen molar-refractivity contribution >= 4 is 34.4 Å². The molecule has 0 saturated carbocycles. The molecule has 0 aromatic heterocycles. The second kappa shape index (κ2) is 5.52. The number of benzene rings is 1. The minimum atomic E-state index is -0.614. The highest BCUT2D eigenvalue weighted by atomic mass is 127. The summed E-state index contributed by atoms with van der Waals surface area (Å²) in [5.41, 5.74) is 4.78. The summed E-state index contributed by atoms with van der Waals surface area (Å²) in [6.45, 7) is 5.28. The maximum atomic E-state index is 13.2. The van der Waals surface area contributed by atoms with E-state index in [9.17, 15) is 9.18 Å². The normalized spacial score (nSPS) is 10.9. The van der Waals surface area contributed by atoms with Crippen LogP contribution in [0.1, 0.15) is 20.8 Å². The van der Waals surface area contributed by atoms with Gasteiger partial charge in [0.1, 0.15) is 11.4 Å². The standard InChI is InChI=1S/C11H14FIN2O2/c1-11(2,3)17-10(16)15-14-7-4-5-9(13)8(12)6-7/h4-6,14H,1-3H3,(H,15,16). The van der Waals surface area contributed by atoms with Gasteiger partial charge in [-0.3, -0.25) is 5.43 Å². The summed E-state index contributed by atoms with van der Waals surface area (Å²) >= 11 is 1.89. The lowest BCUT2D eigenvalue weighted by molar-refractivity contribution is 0.0541. The Bertz CT molecular complexity index is 418. The van der Waals surface area contributed by atoms with Crippen LogP contribution in [0.5, 0.6) is 0 Å². The molecule has 0 atom stereocenters. The summed E-state index contributed by atoms with van der Waals surface area (Å²) in [4.78, 5) is 11.3. The van der Waals surface area contributed by atoms with Crippen LogP contribution >= 0.6 is 22.6 Å². The van der Waals surface area contributed by atoms with E-state index in [0.29, 0.717) is 9.26 Å². The first-order valence-corrected chi connectivity index (χ1v) is 6.06. The summed E-state index contributed by atoms with van der Waals surface area (Å²) in [7, 11) is 0. The summed E-state index contributed by atoms with van der Waals surface area (Å²) in [6, 6.07) is 4.55. The van der Waals surface area contributed by atoms with Gasteiger partial charge in [-0.1, -0.05) is 0 Å². The monoisotopic (exact) mass is 352 g/mol. The van der Waals surface area contributed by atoms with Crippen LogP contribution in [0.4, 0.5) is 14.9 Å². The van der Waals surface area contributed by atoms with Gasteiger partial charge in [0.05, 0.1) is 5.69 Å². The number of anilines is 1. The van der Waals surface area contributed by atoms with Gasteiger partial charge in [0.25, 0.3) is 0 Å². The molecule has 1 amide bonds. The number of halogens is 2. The Labute approximate surface area is 113 Å². The zero-order chi connectivity index (χ0) is 13.1. The Morgan fingerprint density at radius 3 is 2.59 bits per heavy atom. The molecule has 17 heavy (non-hydrogen) atoms. The van der Waals surface area contributed by atoms with E-state index in [-0.39, 0.29) is 5.82 Å². The van der Waals surface area contributed by atoms with Crippen LogP contribution in [-0.4, -0.2) is 11.7 Å². The maximum absolute atomic E-state index is 13.2. The molecule has 0 aliphatic carbocycles. The molecule has 0 unspecified atom stereocenters. The van der Waals surface area contributed by atoms with Crippen LogP contribution < -0.4 is 10.9 Å². The molecule has 0 spiro atoms. The summed E-state index contributed by atoms with van der Waals surface area (Å²) in [6.07, 6.45) is -0.614. The Hall–Kier alpha value is -1.05. The number of hydrogen-bond donors (Lipinski definition) is 2. The number of ether oxygens (including phenoxy) is 1. The molecule has 2 N–H and O–H groups in total. The van der Waals surface area contributed by atoms with E-state index in [1.54, 1.807) is 32.9 Å². The smallest absolute Gasteiger partial charge is 0.426 e. The molecule has 0 aliphatic heterocycles. The van der Waals surface area contributed by atoms with Gasteiger partial charge in [0.2, 0.25) is 0 Å². The van der Waals surface area contributed by atoms with Crippen molar-refractivity contribution in [2.24, 2.45) is 0 Å². The Kier molecular flexibility index (Phi) is 4.55. The molecule has 4 nitrogen and oxygen atoms in total. The molecular weight excluding hydrogens is 338 g/mol. The minimum absolute atomic E-state index is 0.346. The zero-order valence-electron chi connectivity index (χ0n) is 9.80. The molecule has 0 fully saturated rings. The highest BCUT2D eigenvalue weighted by Crippen LogP contribution is 2.15. The van der Waals surface area contributed by atoms with Gasteiger partial charge in [0, 0.05) is 3.57 Å². The van der Waals surface area contributed by atoms with Crippen LogP contribution in [0.3, 0.4) is 0 Å². The zero-order valence-corrected chi connectivity index (χ0v) is 12.0. The molecule has 1 aromatic rings. The van der Waals surface area contributed by atoms with E-state index in [2.05, 4.69) is 10.9 Å². The number of carbonyl (C=O) groups excluding carboxylic acids is 1. The molecule has 1 aromatic carbocycles. The first-order valence-electron chi connectivity index (χ1n) is 4.98. The third-order valence-corrected chi connectivity index (χ3v) is 2.50. The van der Waals surface area contributed by atoms with Gasteiger partial charge in [-0.15, -0.1) is 0 Å². The summed E-state index contributed by atoms with van der Waals surface area (Å²) in [5, 5.41) is 0. The second-order valence-electron chi connectivity index (χ2n) is 4.38. The fraction of sp³-hybridized carbons (Fsp3) is 0.364. The third-order valence-electron chi connectivity index (χ3n) is 1.63.